The van der Waals surface area contributed by atoms with Gasteiger partial charge in [-0.3, -0.25) is 9.52 Å². The van der Waals surface area contributed by atoms with E-state index < -0.39 is 21.7 Å². The highest BCUT2D eigenvalue weighted by Crippen LogP contribution is 2.21. The summed E-state index contributed by atoms with van der Waals surface area (Å²) < 4.78 is 46.0. The number of carbonyl (C=O) groups excluding carboxylic acids is 1. The van der Waals surface area contributed by atoms with Crippen molar-refractivity contribution in [2.24, 2.45) is 0 Å². The molecular weight excluding hydrogens is 407 g/mol. The molecule has 1 amide bonds. The van der Waals surface area contributed by atoms with Crippen molar-refractivity contribution in [1.82, 2.24) is 0 Å². The maximum atomic E-state index is 13.2. The smallest absolute Gasteiger partial charge is 0.261 e. The average Bonchev–Trinajstić information content (AvgIpc) is 2.73. The lowest BCUT2D eigenvalue weighted by atomic mass is 10.2. The molecule has 3 rings (SSSR count). The van der Waals surface area contributed by atoms with E-state index in [1.807, 2.05) is 0 Å². The summed E-state index contributed by atoms with van der Waals surface area (Å²) >= 11 is 0. The van der Waals surface area contributed by atoms with Gasteiger partial charge in [0.25, 0.3) is 10.0 Å². The first-order chi connectivity index (χ1) is 14.4. The number of halogens is 1. The van der Waals surface area contributed by atoms with Crippen molar-refractivity contribution in [2.75, 3.05) is 17.1 Å². The molecule has 0 heterocycles. The summed E-state index contributed by atoms with van der Waals surface area (Å²) in [5, 5.41) is 2.59. The van der Waals surface area contributed by atoms with Crippen LogP contribution in [0.2, 0.25) is 0 Å². The lowest BCUT2D eigenvalue weighted by Crippen LogP contribution is -2.14. The van der Waals surface area contributed by atoms with E-state index in [1.54, 1.807) is 36.4 Å². The van der Waals surface area contributed by atoms with Gasteiger partial charge in [0, 0.05) is 17.5 Å². The zero-order chi connectivity index (χ0) is 21.6. The van der Waals surface area contributed by atoms with Gasteiger partial charge >= 0.3 is 0 Å². The number of hydrogen-bond donors (Lipinski definition) is 2. The van der Waals surface area contributed by atoms with Crippen LogP contribution in [0.25, 0.3) is 6.08 Å². The number of benzene rings is 3. The molecule has 0 spiro atoms. The molecule has 0 radical (unpaired) electrons. The monoisotopic (exact) mass is 426 g/mol. The molecule has 154 valence electrons. The Labute approximate surface area is 174 Å². The van der Waals surface area contributed by atoms with Gasteiger partial charge in [-0.25, -0.2) is 12.8 Å². The largest absolute Gasteiger partial charge is 0.497 e. The molecular formula is C22H19FN2O4S. The minimum absolute atomic E-state index is 0.00905. The second-order valence-electron chi connectivity index (χ2n) is 6.24. The second-order valence-corrected chi connectivity index (χ2v) is 7.92. The van der Waals surface area contributed by atoms with Crippen LogP contribution in [0.5, 0.6) is 5.75 Å². The van der Waals surface area contributed by atoms with E-state index in [0.717, 1.165) is 0 Å². The highest BCUT2D eigenvalue weighted by molar-refractivity contribution is 7.92. The van der Waals surface area contributed by atoms with E-state index in [0.29, 0.717) is 22.7 Å². The molecule has 30 heavy (non-hydrogen) atoms. The molecule has 6 nitrogen and oxygen atoms in total. The van der Waals surface area contributed by atoms with Gasteiger partial charge in [0.05, 0.1) is 12.0 Å². The molecule has 0 aliphatic carbocycles. The topological polar surface area (TPSA) is 84.5 Å². The highest BCUT2D eigenvalue weighted by atomic mass is 32.2. The summed E-state index contributed by atoms with van der Waals surface area (Å²) in [6.07, 6.45) is 2.70. The van der Waals surface area contributed by atoms with Gasteiger partial charge in [-0.05, 0) is 66.2 Å². The summed E-state index contributed by atoms with van der Waals surface area (Å²) in [5.41, 5.74) is 1.22. The predicted molar refractivity (Wildman–Crippen MR) is 114 cm³/mol. The average molecular weight is 426 g/mol. The molecule has 0 aliphatic heterocycles. The van der Waals surface area contributed by atoms with Crippen LogP contribution in [0.1, 0.15) is 5.56 Å². The molecule has 0 unspecified atom stereocenters. The van der Waals surface area contributed by atoms with Crippen LogP contribution in [0.3, 0.4) is 0 Å². The minimum Gasteiger partial charge on any atom is -0.497 e. The van der Waals surface area contributed by atoms with Gasteiger partial charge in [-0.2, -0.15) is 0 Å². The van der Waals surface area contributed by atoms with Gasteiger partial charge in [-0.15, -0.1) is 0 Å². The Morgan fingerprint density at radius 2 is 1.70 bits per heavy atom. The van der Waals surface area contributed by atoms with Crippen LogP contribution < -0.4 is 14.8 Å². The number of methoxy groups -OCH3 is 1. The number of sulfonamides is 1. The summed E-state index contributed by atoms with van der Waals surface area (Å²) in [6.45, 7) is 0. The number of anilines is 2. The minimum atomic E-state index is -3.85. The Balaban J connectivity index is 1.70. The van der Waals surface area contributed by atoms with Crippen molar-refractivity contribution in [3.63, 3.8) is 0 Å². The van der Waals surface area contributed by atoms with E-state index in [9.17, 15) is 17.6 Å². The lowest BCUT2D eigenvalue weighted by molar-refractivity contribution is -0.111. The third-order valence-electron chi connectivity index (χ3n) is 4.03. The molecule has 0 atom stereocenters. The third-order valence-corrected chi connectivity index (χ3v) is 5.41. The van der Waals surface area contributed by atoms with Gasteiger partial charge < -0.3 is 10.1 Å². The maximum Gasteiger partial charge on any atom is 0.261 e. The van der Waals surface area contributed by atoms with Crippen LogP contribution in [0, 0.1) is 5.82 Å². The van der Waals surface area contributed by atoms with Crippen LogP contribution >= 0.6 is 0 Å². The SMILES string of the molecule is COc1ccc(NS(=O)(=O)c2cccc(NC(=O)C=Cc3cccc(F)c3)c2)cc1. The lowest BCUT2D eigenvalue weighted by Gasteiger charge is -2.10. The fourth-order valence-corrected chi connectivity index (χ4v) is 3.68. The van der Waals surface area contributed by atoms with Crippen molar-refractivity contribution < 1.29 is 22.3 Å². The molecule has 0 fully saturated rings. The Bertz CT molecular complexity index is 1180. The number of amides is 1. The van der Waals surface area contributed by atoms with E-state index in [4.69, 9.17) is 4.74 Å². The number of rotatable bonds is 7. The summed E-state index contributed by atoms with van der Waals surface area (Å²) in [4.78, 5) is 12.1. The first kappa shape index (κ1) is 21.1. The van der Waals surface area contributed by atoms with Crippen molar-refractivity contribution in [3.05, 3.63) is 90.3 Å². The van der Waals surface area contributed by atoms with E-state index in [-0.39, 0.29) is 4.90 Å². The van der Waals surface area contributed by atoms with Gasteiger partial charge in [0.1, 0.15) is 11.6 Å². The van der Waals surface area contributed by atoms with Gasteiger partial charge in [0.2, 0.25) is 5.91 Å². The predicted octanol–water partition coefficient (Wildman–Crippen LogP) is 4.29. The van der Waals surface area contributed by atoms with Crippen LogP contribution in [-0.2, 0) is 14.8 Å². The van der Waals surface area contributed by atoms with E-state index in [2.05, 4.69) is 10.0 Å². The number of ether oxygens (including phenoxy) is 1. The summed E-state index contributed by atoms with van der Waals surface area (Å²) in [6, 6.07) is 18.1. The molecule has 0 aromatic heterocycles. The first-order valence-electron chi connectivity index (χ1n) is 8.87. The highest BCUT2D eigenvalue weighted by Gasteiger charge is 2.15. The summed E-state index contributed by atoms with van der Waals surface area (Å²) in [7, 11) is -2.33. The van der Waals surface area contributed by atoms with Crippen LogP contribution in [-0.4, -0.2) is 21.4 Å². The van der Waals surface area contributed by atoms with Crippen molar-refractivity contribution in [2.45, 2.75) is 4.90 Å². The van der Waals surface area contributed by atoms with Crippen molar-refractivity contribution >= 4 is 33.4 Å². The van der Waals surface area contributed by atoms with Crippen molar-refractivity contribution in [3.8, 4) is 5.75 Å². The maximum absolute atomic E-state index is 13.2. The fourth-order valence-electron chi connectivity index (χ4n) is 2.58. The quantitative estimate of drug-likeness (QED) is 0.552. The Kier molecular flexibility index (Phi) is 6.48. The summed E-state index contributed by atoms with van der Waals surface area (Å²) in [5.74, 6) is -0.272. The molecule has 3 aromatic carbocycles. The Morgan fingerprint density at radius 1 is 0.967 bits per heavy atom. The van der Waals surface area contributed by atoms with Gasteiger partial charge in [0.15, 0.2) is 0 Å². The third kappa shape index (κ3) is 5.68. The Hall–Kier alpha value is -3.65. The zero-order valence-electron chi connectivity index (χ0n) is 16.0. The first-order valence-corrected chi connectivity index (χ1v) is 10.4. The molecule has 0 aliphatic rings. The second kappa shape index (κ2) is 9.23. The van der Waals surface area contributed by atoms with Crippen LogP contribution in [0.15, 0.2) is 83.8 Å². The molecule has 2 N–H and O–H groups in total. The molecule has 3 aromatic rings. The standard InChI is InChI=1S/C22H19FN2O4S/c1-29-20-11-9-18(10-12-20)25-30(27,28)21-7-3-6-19(15-21)24-22(26)13-8-16-4-2-5-17(23)14-16/h2-15,25H,1H3,(H,24,26). The van der Waals surface area contributed by atoms with Crippen LogP contribution in [0.4, 0.5) is 15.8 Å². The molecule has 0 bridgehead atoms. The number of nitrogens with one attached hydrogen (secondary N) is 2. The molecule has 0 saturated heterocycles. The Morgan fingerprint density at radius 3 is 2.40 bits per heavy atom. The van der Waals surface area contributed by atoms with E-state index in [1.165, 1.54) is 55.7 Å². The fraction of sp³-hybridized carbons (Fsp3) is 0.0455. The normalized spacial score (nSPS) is 11.3. The number of carbonyl (C=O) groups is 1. The van der Waals surface area contributed by atoms with E-state index >= 15 is 0 Å². The van der Waals surface area contributed by atoms with Crippen molar-refractivity contribution in [1.29, 1.82) is 0 Å². The zero-order valence-corrected chi connectivity index (χ0v) is 16.8. The van der Waals surface area contributed by atoms with Gasteiger partial charge in [-0.1, -0.05) is 18.2 Å². The number of hydrogen-bond acceptors (Lipinski definition) is 4. The molecule has 0 saturated carbocycles. The molecule has 8 heteroatoms.